The van der Waals surface area contributed by atoms with Crippen molar-refractivity contribution in [2.75, 3.05) is 56.6 Å². The van der Waals surface area contributed by atoms with Crippen LogP contribution in [0.1, 0.15) is 44.6 Å². The minimum atomic E-state index is -5.08. The van der Waals surface area contributed by atoms with E-state index in [9.17, 15) is 27.1 Å². The molecular formula is C28H40F5N7O3. The summed E-state index contributed by atoms with van der Waals surface area (Å²) in [5.41, 5.74) is 2.69. The Morgan fingerprint density at radius 3 is 2.28 bits per heavy atom. The highest BCUT2D eigenvalue weighted by atomic mass is 19.4. The van der Waals surface area contributed by atoms with E-state index in [2.05, 4.69) is 36.5 Å². The lowest BCUT2D eigenvalue weighted by Crippen LogP contribution is -2.46. The number of aliphatic carboxylic acids is 1. The molecule has 4 rings (SSSR count). The minimum absolute atomic E-state index is 0.167. The second-order valence-electron chi connectivity index (χ2n) is 10.7. The number of hydrogen-bond acceptors (Lipinski definition) is 9. The lowest BCUT2D eigenvalue weighted by Gasteiger charge is -2.34. The van der Waals surface area contributed by atoms with E-state index in [0.717, 1.165) is 75.2 Å². The van der Waals surface area contributed by atoms with Gasteiger partial charge in [-0.15, -0.1) is 0 Å². The predicted octanol–water partition coefficient (Wildman–Crippen LogP) is 4.13. The number of piperazine rings is 1. The SMILES string of the molecule is CCC(F)CNc1ncc(-c2ccc(CN3CCN(CCF)CC3)cn2)c(NC2CCC(O)CC2)n1.O=C(O)C(F)(F)F. The Balaban J connectivity index is 0.000000646. The number of anilines is 2. The first-order valence-corrected chi connectivity index (χ1v) is 14.4. The topological polar surface area (TPSA) is 127 Å². The lowest BCUT2D eigenvalue weighted by molar-refractivity contribution is -0.192. The van der Waals surface area contributed by atoms with Gasteiger partial charge in [-0.3, -0.25) is 14.8 Å². The van der Waals surface area contributed by atoms with E-state index in [-0.39, 0.29) is 25.4 Å². The van der Waals surface area contributed by atoms with Crippen LogP contribution in [0.15, 0.2) is 24.5 Å². The van der Waals surface area contributed by atoms with Gasteiger partial charge in [-0.25, -0.2) is 18.6 Å². The van der Waals surface area contributed by atoms with Crippen molar-refractivity contribution in [2.24, 2.45) is 0 Å². The second-order valence-corrected chi connectivity index (χ2v) is 10.7. The third-order valence-corrected chi connectivity index (χ3v) is 7.37. The number of halogens is 5. The Morgan fingerprint density at radius 2 is 1.72 bits per heavy atom. The van der Waals surface area contributed by atoms with Crippen LogP contribution in [-0.2, 0) is 11.3 Å². The number of aliphatic hydroxyl groups excluding tert-OH is 1. The van der Waals surface area contributed by atoms with Crippen LogP contribution in [0.4, 0.5) is 33.7 Å². The minimum Gasteiger partial charge on any atom is -0.475 e. The molecular weight excluding hydrogens is 577 g/mol. The molecule has 1 unspecified atom stereocenters. The molecule has 1 saturated heterocycles. The Bertz CT molecular complexity index is 1130. The summed E-state index contributed by atoms with van der Waals surface area (Å²) in [6, 6.07) is 4.28. The maximum absolute atomic E-state index is 13.7. The number of hydrogen-bond donors (Lipinski definition) is 4. The van der Waals surface area contributed by atoms with Crippen molar-refractivity contribution < 1.29 is 37.0 Å². The lowest BCUT2D eigenvalue weighted by atomic mass is 9.93. The first-order chi connectivity index (χ1) is 20.5. The van der Waals surface area contributed by atoms with E-state index < -0.39 is 18.3 Å². The molecule has 3 heterocycles. The normalized spacial score (nSPS) is 20.5. The van der Waals surface area contributed by atoms with E-state index in [0.29, 0.717) is 24.7 Å². The van der Waals surface area contributed by atoms with Gasteiger partial charge in [-0.1, -0.05) is 13.0 Å². The van der Waals surface area contributed by atoms with Crippen molar-refractivity contribution in [3.05, 3.63) is 30.1 Å². The van der Waals surface area contributed by atoms with Crippen molar-refractivity contribution in [2.45, 2.75) is 70.1 Å². The molecule has 1 atom stereocenters. The zero-order chi connectivity index (χ0) is 31.4. The summed E-state index contributed by atoms with van der Waals surface area (Å²) in [5.74, 6) is -1.70. The van der Waals surface area contributed by atoms with Gasteiger partial charge in [0.15, 0.2) is 0 Å². The summed E-state index contributed by atoms with van der Waals surface area (Å²) in [5, 5.41) is 23.5. The maximum Gasteiger partial charge on any atom is 0.490 e. The summed E-state index contributed by atoms with van der Waals surface area (Å²) in [6.07, 6.45) is 1.04. The molecule has 0 radical (unpaired) electrons. The predicted molar refractivity (Wildman–Crippen MR) is 152 cm³/mol. The molecule has 1 saturated carbocycles. The molecule has 240 valence electrons. The zero-order valence-corrected chi connectivity index (χ0v) is 24.2. The molecule has 1 aliphatic heterocycles. The van der Waals surface area contributed by atoms with Crippen LogP contribution in [0.25, 0.3) is 11.3 Å². The summed E-state index contributed by atoms with van der Waals surface area (Å²) >= 11 is 0. The number of nitrogens with one attached hydrogen (secondary N) is 2. The van der Waals surface area contributed by atoms with Crippen molar-refractivity contribution in [1.29, 1.82) is 0 Å². The summed E-state index contributed by atoms with van der Waals surface area (Å²) in [7, 11) is 0. The molecule has 0 aromatic carbocycles. The number of nitrogens with zero attached hydrogens (tertiary/aromatic N) is 5. The molecule has 0 spiro atoms. The number of aromatic nitrogens is 3. The summed E-state index contributed by atoms with van der Waals surface area (Å²) < 4.78 is 58.1. The van der Waals surface area contributed by atoms with Crippen molar-refractivity contribution >= 4 is 17.7 Å². The largest absolute Gasteiger partial charge is 0.490 e. The highest BCUT2D eigenvalue weighted by Crippen LogP contribution is 2.29. The van der Waals surface area contributed by atoms with Crippen LogP contribution in [-0.4, -0.2) is 111 Å². The van der Waals surface area contributed by atoms with Gasteiger partial charge in [0.2, 0.25) is 5.95 Å². The highest BCUT2D eigenvalue weighted by Gasteiger charge is 2.38. The number of pyridine rings is 1. The van der Waals surface area contributed by atoms with E-state index in [1.807, 2.05) is 19.2 Å². The summed E-state index contributed by atoms with van der Waals surface area (Å²) in [6.45, 7) is 6.64. The van der Waals surface area contributed by atoms with Gasteiger partial charge in [-0.05, 0) is 43.7 Å². The standard InChI is InChI=1S/C26H39F2N7O.C2HF3O2/c1-2-20(28)16-30-26-31-17-23(25(33-26)32-21-4-6-22(36)7-5-21)24-8-3-19(15-29-24)18-35-13-11-34(10-9-27)12-14-35;3-2(4,5)1(6)7/h3,8,15,17,20-22,36H,2,4-7,9-14,16,18H2,1H3,(H2,30,31,32,33);(H,6,7). The number of carboxylic acids is 1. The molecule has 43 heavy (non-hydrogen) atoms. The third kappa shape index (κ3) is 11.4. The van der Waals surface area contributed by atoms with Gasteiger partial charge in [0.1, 0.15) is 18.7 Å². The number of carbonyl (C=O) groups is 1. The van der Waals surface area contributed by atoms with Crippen LogP contribution in [0.3, 0.4) is 0 Å². The third-order valence-electron chi connectivity index (χ3n) is 7.37. The molecule has 2 aliphatic rings. The van der Waals surface area contributed by atoms with Crippen LogP contribution in [0, 0.1) is 0 Å². The first-order valence-electron chi connectivity index (χ1n) is 14.4. The Hall–Kier alpha value is -3.17. The fourth-order valence-corrected chi connectivity index (χ4v) is 4.75. The van der Waals surface area contributed by atoms with Crippen molar-refractivity contribution in [1.82, 2.24) is 24.8 Å². The van der Waals surface area contributed by atoms with Crippen LogP contribution >= 0.6 is 0 Å². The van der Waals surface area contributed by atoms with Crippen LogP contribution in [0.5, 0.6) is 0 Å². The van der Waals surface area contributed by atoms with Crippen LogP contribution in [0.2, 0.25) is 0 Å². The number of rotatable bonds is 11. The van der Waals surface area contributed by atoms with E-state index >= 15 is 0 Å². The molecule has 1 aliphatic carbocycles. The fourth-order valence-electron chi connectivity index (χ4n) is 4.75. The van der Waals surface area contributed by atoms with Gasteiger partial charge in [0.25, 0.3) is 0 Å². The maximum atomic E-state index is 13.7. The molecule has 0 bridgehead atoms. The zero-order valence-electron chi connectivity index (χ0n) is 24.2. The van der Waals surface area contributed by atoms with Gasteiger partial charge < -0.3 is 20.8 Å². The Kier molecular flexibility index (Phi) is 13.3. The van der Waals surface area contributed by atoms with Gasteiger partial charge in [0, 0.05) is 64.2 Å². The Morgan fingerprint density at radius 1 is 1.07 bits per heavy atom. The molecule has 2 fully saturated rings. The van der Waals surface area contributed by atoms with Crippen molar-refractivity contribution in [3.63, 3.8) is 0 Å². The van der Waals surface area contributed by atoms with E-state index in [1.54, 1.807) is 6.20 Å². The fraction of sp³-hybridized carbons (Fsp3) is 0.643. The quantitative estimate of drug-likeness (QED) is 0.274. The Labute approximate surface area is 247 Å². The average Bonchev–Trinajstić information content (AvgIpc) is 2.98. The van der Waals surface area contributed by atoms with E-state index in [1.165, 1.54) is 0 Å². The smallest absolute Gasteiger partial charge is 0.475 e. The first kappa shape index (κ1) is 34.3. The molecule has 4 N–H and O–H groups in total. The highest BCUT2D eigenvalue weighted by molar-refractivity contribution is 5.73. The van der Waals surface area contributed by atoms with Gasteiger partial charge in [-0.2, -0.15) is 18.2 Å². The van der Waals surface area contributed by atoms with Gasteiger partial charge >= 0.3 is 12.1 Å². The van der Waals surface area contributed by atoms with Gasteiger partial charge in [0.05, 0.1) is 17.4 Å². The number of aliphatic hydroxyl groups is 1. The van der Waals surface area contributed by atoms with E-state index in [4.69, 9.17) is 14.9 Å². The number of alkyl halides is 5. The molecule has 2 aromatic heterocycles. The van der Waals surface area contributed by atoms with Crippen LogP contribution < -0.4 is 10.6 Å². The summed E-state index contributed by atoms with van der Waals surface area (Å²) in [4.78, 5) is 27.2. The molecule has 10 nitrogen and oxygen atoms in total. The average molecular weight is 618 g/mol. The van der Waals surface area contributed by atoms with Crippen molar-refractivity contribution in [3.8, 4) is 11.3 Å². The monoisotopic (exact) mass is 617 g/mol. The number of carboxylic acid groups (broad SMARTS) is 1. The molecule has 2 aromatic rings. The molecule has 0 amide bonds. The second kappa shape index (κ2) is 16.6. The molecule has 15 heteroatoms.